The van der Waals surface area contributed by atoms with E-state index in [-0.39, 0.29) is 12.6 Å². The molecule has 19 heavy (non-hydrogen) atoms. The van der Waals surface area contributed by atoms with Crippen molar-refractivity contribution in [1.29, 1.82) is 0 Å². The van der Waals surface area contributed by atoms with Crippen molar-refractivity contribution in [1.82, 2.24) is 14.7 Å². The first-order valence-corrected chi connectivity index (χ1v) is 6.92. The number of fused-ring (bicyclic) bond motifs is 1. The van der Waals surface area contributed by atoms with Crippen LogP contribution in [0.25, 0.3) is 0 Å². The van der Waals surface area contributed by atoms with E-state index in [9.17, 15) is 9.90 Å². The van der Waals surface area contributed by atoms with Gasteiger partial charge in [-0.05, 0) is 36.7 Å². The van der Waals surface area contributed by atoms with Crippen LogP contribution in [0.15, 0.2) is 10.7 Å². The summed E-state index contributed by atoms with van der Waals surface area (Å²) in [6.07, 6.45) is 1.29. The van der Waals surface area contributed by atoms with Gasteiger partial charge in [-0.3, -0.25) is 9.58 Å². The zero-order valence-electron chi connectivity index (χ0n) is 11.3. The van der Waals surface area contributed by atoms with E-state index in [1.165, 1.54) is 0 Å². The van der Waals surface area contributed by atoms with Crippen molar-refractivity contribution in [2.24, 2.45) is 0 Å². The second-order valence-corrected chi connectivity index (χ2v) is 6.42. The smallest absolute Gasteiger partial charge is 0.411 e. The minimum absolute atomic E-state index is 0.115. The van der Waals surface area contributed by atoms with Gasteiger partial charge in [0.05, 0.1) is 42.1 Å². The van der Waals surface area contributed by atoms with Crippen molar-refractivity contribution in [2.75, 3.05) is 6.61 Å². The summed E-state index contributed by atoms with van der Waals surface area (Å²) in [5.74, 6) is 0. The van der Waals surface area contributed by atoms with E-state index in [0.717, 1.165) is 10.2 Å². The molecular formula is C12H18BrN3O3. The van der Waals surface area contributed by atoms with Gasteiger partial charge in [0, 0.05) is 0 Å². The third kappa shape index (κ3) is 3.09. The highest BCUT2D eigenvalue weighted by Gasteiger charge is 2.33. The molecule has 1 N–H and O–H groups in total. The summed E-state index contributed by atoms with van der Waals surface area (Å²) >= 11 is 3.41. The Morgan fingerprint density at radius 1 is 1.63 bits per heavy atom. The summed E-state index contributed by atoms with van der Waals surface area (Å²) in [5, 5.41) is 13.6. The predicted octanol–water partition coefficient (Wildman–Crippen LogP) is 1.76. The standard InChI is InChI=1S/C12H18BrN3O3/c1-12(2,3)19-11(18)15-6-10-9(13)4-14-16(10)5-8(15)7-17/h4,8,17H,5-7H2,1-3H3. The zero-order valence-corrected chi connectivity index (χ0v) is 12.8. The first kappa shape index (κ1) is 14.3. The third-order valence-electron chi connectivity index (χ3n) is 2.88. The maximum atomic E-state index is 12.2. The molecule has 0 aliphatic carbocycles. The summed E-state index contributed by atoms with van der Waals surface area (Å²) < 4.78 is 8.03. The number of hydrogen-bond donors (Lipinski definition) is 1. The van der Waals surface area contributed by atoms with Crippen molar-refractivity contribution in [3.63, 3.8) is 0 Å². The molecule has 2 heterocycles. The van der Waals surface area contributed by atoms with E-state index in [1.807, 2.05) is 20.8 Å². The lowest BCUT2D eigenvalue weighted by atomic mass is 10.2. The molecule has 7 heteroatoms. The average molecular weight is 332 g/mol. The zero-order chi connectivity index (χ0) is 14.2. The summed E-state index contributed by atoms with van der Waals surface area (Å²) in [7, 11) is 0. The number of nitrogens with zero attached hydrogens (tertiary/aromatic N) is 3. The van der Waals surface area contributed by atoms with Gasteiger partial charge in [0.1, 0.15) is 5.60 Å². The molecule has 0 aromatic carbocycles. The van der Waals surface area contributed by atoms with E-state index in [2.05, 4.69) is 21.0 Å². The van der Waals surface area contributed by atoms with Gasteiger partial charge in [-0.2, -0.15) is 5.10 Å². The maximum Gasteiger partial charge on any atom is 0.411 e. The Morgan fingerprint density at radius 2 is 2.32 bits per heavy atom. The highest BCUT2D eigenvalue weighted by atomic mass is 79.9. The van der Waals surface area contributed by atoms with E-state index in [4.69, 9.17) is 4.74 Å². The fourth-order valence-electron chi connectivity index (χ4n) is 1.98. The Morgan fingerprint density at radius 3 is 2.89 bits per heavy atom. The Bertz CT molecular complexity index is 481. The van der Waals surface area contributed by atoms with Gasteiger partial charge in [-0.25, -0.2) is 4.79 Å². The fourth-order valence-corrected chi connectivity index (χ4v) is 2.40. The summed E-state index contributed by atoms with van der Waals surface area (Å²) in [4.78, 5) is 13.7. The van der Waals surface area contributed by atoms with Gasteiger partial charge in [0.2, 0.25) is 0 Å². The molecule has 1 aromatic heterocycles. The molecule has 1 atom stereocenters. The topological polar surface area (TPSA) is 67.6 Å². The highest BCUT2D eigenvalue weighted by molar-refractivity contribution is 9.10. The van der Waals surface area contributed by atoms with E-state index in [0.29, 0.717) is 13.1 Å². The average Bonchev–Trinajstić information content (AvgIpc) is 2.67. The van der Waals surface area contributed by atoms with Crippen molar-refractivity contribution >= 4 is 22.0 Å². The Balaban J connectivity index is 2.20. The number of carbonyl (C=O) groups is 1. The number of rotatable bonds is 1. The van der Waals surface area contributed by atoms with Crippen LogP contribution in [0.1, 0.15) is 26.5 Å². The van der Waals surface area contributed by atoms with Crippen LogP contribution in [0.4, 0.5) is 4.79 Å². The molecule has 106 valence electrons. The molecule has 1 aliphatic heterocycles. The molecular weight excluding hydrogens is 314 g/mol. The second-order valence-electron chi connectivity index (χ2n) is 5.57. The lowest BCUT2D eigenvalue weighted by molar-refractivity contribution is -0.00202. The van der Waals surface area contributed by atoms with Gasteiger partial charge in [0.15, 0.2) is 0 Å². The van der Waals surface area contributed by atoms with Crippen LogP contribution >= 0.6 is 15.9 Å². The Labute approximate surface area is 120 Å². The molecule has 0 radical (unpaired) electrons. The molecule has 0 fully saturated rings. The molecule has 0 saturated heterocycles. The molecule has 0 saturated carbocycles. The fraction of sp³-hybridized carbons (Fsp3) is 0.667. The molecule has 2 rings (SSSR count). The lowest BCUT2D eigenvalue weighted by Crippen LogP contribution is -2.50. The molecule has 1 unspecified atom stereocenters. The number of halogens is 1. The number of carbonyl (C=O) groups excluding carboxylic acids is 1. The predicted molar refractivity (Wildman–Crippen MR) is 72.6 cm³/mol. The van der Waals surface area contributed by atoms with E-state index < -0.39 is 11.7 Å². The summed E-state index contributed by atoms with van der Waals surface area (Å²) in [6.45, 7) is 6.20. The van der Waals surface area contributed by atoms with Crippen molar-refractivity contribution in [2.45, 2.75) is 45.5 Å². The molecule has 1 aromatic rings. The van der Waals surface area contributed by atoms with Crippen LogP contribution < -0.4 is 0 Å². The lowest BCUT2D eigenvalue weighted by Gasteiger charge is -2.36. The summed E-state index contributed by atoms with van der Waals surface area (Å²) in [5.41, 5.74) is 0.363. The van der Waals surface area contributed by atoms with Crippen LogP contribution in [0.3, 0.4) is 0 Å². The monoisotopic (exact) mass is 331 g/mol. The molecule has 0 bridgehead atoms. The molecule has 1 aliphatic rings. The molecule has 6 nitrogen and oxygen atoms in total. The SMILES string of the molecule is CC(C)(C)OC(=O)N1Cc2c(Br)cnn2CC1CO. The first-order valence-electron chi connectivity index (χ1n) is 6.12. The largest absolute Gasteiger partial charge is 0.444 e. The van der Waals surface area contributed by atoms with Crippen LogP contribution in [0.5, 0.6) is 0 Å². The number of hydrogen-bond acceptors (Lipinski definition) is 4. The van der Waals surface area contributed by atoms with Gasteiger partial charge in [-0.1, -0.05) is 0 Å². The van der Waals surface area contributed by atoms with Gasteiger partial charge < -0.3 is 9.84 Å². The van der Waals surface area contributed by atoms with E-state index in [1.54, 1.807) is 15.8 Å². The van der Waals surface area contributed by atoms with Crippen molar-refractivity contribution in [3.8, 4) is 0 Å². The number of aromatic nitrogens is 2. The van der Waals surface area contributed by atoms with Gasteiger partial charge in [0.25, 0.3) is 0 Å². The number of aliphatic hydroxyl groups excluding tert-OH is 1. The maximum absolute atomic E-state index is 12.2. The quantitative estimate of drug-likeness (QED) is 0.851. The third-order valence-corrected chi connectivity index (χ3v) is 3.54. The van der Waals surface area contributed by atoms with Gasteiger partial charge >= 0.3 is 6.09 Å². The van der Waals surface area contributed by atoms with Crippen LogP contribution in [0.2, 0.25) is 0 Å². The highest BCUT2D eigenvalue weighted by Crippen LogP contribution is 2.25. The number of aliphatic hydroxyl groups is 1. The normalized spacial score (nSPS) is 19.2. The molecule has 1 amide bonds. The van der Waals surface area contributed by atoms with E-state index >= 15 is 0 Å². The van der Waals surface area contributed by atoms with Crippen LogP contribution in [-0.2, 0) is 17.8 Å². The second kappa shape index (κ2) is 5.13. The van der Waals surface area contributed by atoms with Crippen molar-refractivity contribution in [3.05, 3.63) is 16.4 Å². The van der Waals surface area contributed by atoms with Crippen LogP contribution in [0, 0.1) is 0 Å². The summed E-state index contributed by atoms with van der Waals surface area (Å²) in [6, 6.07) is -0.311. The number of amides is 1. The first-order chi connectivity index (χ1) is 8.81. The Hall–Kier alpha value is -1.08. The number of ether oxygens (including phenoxy) is 1. The Kier molecular flexibility index (Phi) is 3.87. The molecule has 0 spiro atoms. The van der Waals surface area contributed by atoms with Crippen LogP contribution in [-0.4, -0.2) is 44.1 Å². The van der Waals surface area contributed by atoms with Crippen molar-refractivity contribution < 1.29 is 14.6 Å². The van der Waals surface area contributed by atoms with Gasteiger partial charge in [-0.15, -0.1) is 0 Å². The minimum atomic E-state index is -0.550. The minimum Gasteiger partial charge on any atom is -0.444 e.